The average Bonchev–Trinajstić information content (AvgIpc) is 2.28. The van der Waals surface area contributed by atoms with Gasteiger partial charge in [0.15, 0.2) is 0 Å². The summed E-state index contributed by atoms with van der Waals surface area (Å²) in [4.78, 5) is 0.944. The number of benzene rings is 2. The highest BCUT2D eigenvalue weighted by molar-refractivity contribution is 9.10. The van der Waals surface area contributed by atoms with Crippen LogP contribution in [0.4, 0.5) is 11.4 Å². The molecule has 0 bridgehead atoms. The lowest BCUT2D eigenvalue weighted by Gasteiger charge is -1.91. The van der Waals surface area contributed by atoms with Crippen LogP contribution in [-0.4, -0.2) is 0 Å². The van der Waals surface area contributed by atoms with E-state index in [4.69, 9.17) is 11.5 Å². The molecular formula is C12H13BrN2S. The third-order valence-electron chi connectivity index (χ3n) is 1.80. The summed E-state index contributed by atoms with van der Waals surface area (Å²) in [6.45, 7) is 0. The van der Waals surface area contributed by atoms with Crippen molar-refractivity contribution in [3.8, 4) is 0 Å². The van der Waals surface area contributed by atoms with Gasteiger partial charge < -0.3 is 11.5 Å². The molecule has 2 rings (SSSR count). The van der Waals surface area contributed by atoms with Crippen LogP contribution in [0.1, 0.15) is 0 Å². The number of nitrogen functional groups attached to an aromatic ring is 2. The molecule has 84 valence electrons. The molecule has 0 amide bonds. The Hall–Kier alpha value is -1.13. The summed E-state index contributed by atoms with van der Waals surface area (Å²) in [6.07, 6.45) is 0. The average molecular weight is 297 g/mol. The first-order valence-electron chi connectivity index (χ1n) is 4.64. The Kier molecular flexibility index (Phi) is 5.22. The van der Waals surface area contributed by atoms with E-state index in [1.807, 2.05) is 48.5 Å². The number of nitrogens with two attached hydrogens (primary N) is 2. The first-order chi connectivity index (χ1) is 7.59. The molecule has 0 spiro atoms. The SMILES string of the molecule is Nc1ccc(S)cc1.Nc1ccccc1Br. The highest BCUT2D eigenvalue weighted by Crippen LogP contribution is 2.16. The molecule has 16 heavy (non-hydrogen) atoms. The molecule has 4 heteroatoms. The Labute approximate surface area is 109 Å². The lowest BCUT2D eigenvalue weighted by atomic mass is 10.3. The third-order valence-corrected chi connectivity index (χ3v) is 2.82. The first-order valence-corrected chi connectivity index (χ1v) is 5.88. The van der Waals surface area contributed by atoms with E-state index < -0.39 is 0 Å². The molecule has 2 aromatic rings. The molecule has 0 unspecified atom stereocenters. The molecular weight excluding hydrogens is 284 g/mol. The zero-order valence-corrected chi connectivity index (χ0v) is 11.1. The summed E-state index contributed by atoms with van der Waals surface area (Å²) in [5.74, 6) is 0. The summed E-state index contributed by atoms with van der Waals surface area (Å²) in [7, 11) is 0. The van der Waals surface area contributed by atoms with Crippen LogP contribution in [0.25, 0.3) is 0 Å². The summed E-state index contributed by atoms with van der Waals surface area (Å²) < 4.78 is 0.958. The lowest BCUT2D eigenvalue weighted by Crippen LogP contribution is -1.82. The van der Waals surface area contributed by atoms with Crippen LogP contribution in [0.5, 0.6) is 0 Å². The Morgan fingerprint density at radius 2 is 1.44 bits per heavy atom. The van der Waals surface area contributed by atoms with Gasteiger partial charge in [0, 0.05) is 20.7 Å². The number of hydrogen-bond donors (Lipinski definition) is 3. The van der Waals surface area contributed by atoms with Gasteiger partial charge in [-0.15, -0.1) is 12.6 Å². The molecule has 0 aromatic heterocycles. The first kappa shape index (κ1) is 12.9. The van der Waals surface area contributed by atoms with Crippen LogP contribution in [0.3, 0.4) is 0 Å². The van der Waals surface area contributed by atoms with E-state index in [0.717, 1.165) is 20.7 Å². The largest absolute Gasteiger partial charge is 0.399 e. The number of hydrogen-bond acceptors (Lipinski definition) is 3. The van der Waals surface area contributed by atoms with Crippen LogP contribution in [0.15, 0.2) is 57.9 Å². The topological polar surface area (TPSA) is 52.0 Å². The maximum Gasteiger partial charge on any atom is 0.0458 e. The Morgan fingerprint density at radius 1 is 0.875 bits per heavy atom. The maximum absolute atomic E-state index is 5.47. The van der Waals surface area contributed by atoms with E-state index in [9.17, 15) is 0 Å². The molecule has 0 fully saturated rings. The summed E-state index contributed by atoms with van der Waals surface area (Å²) in [5.41, 5.74) is 12.4. The van der Waals surface area contributed by atoms with Gasteiger partial charge in [0.05, 0.1) is 0 Å². The molecule has 0 heterocycles. The van der Waals surface area contributed by atoms with Crippen LogP contribution < -0.4 is 11.5 Å². The van der Waals surface area contributed by atoms with Crippen molar-refractivity contribution >= 4 is 39.9 Å². The zero-order valence-electron chi connectivity index (χ0n) is 8.60. The van der Waals surface area contributed by atoms with Crippen molar-refractivity contribution in [1.82, 2.24) is 0 Å². The standard InChI is InChI=1S/C6H6BrN.C6H7NS/c7-5-3-1-2-4-6(5)8;7-5-1-3-6(8)4-2-5/h1-4H,8H2;1-4,8H,7H2. The van der Waals surface area contributed by atoms with Gasteiger partial charge in [-0.05, 0) is 52.3 Å². The molecule has 0 aliphatic heterocycles. The number of anilines is 2. The molecule has 0 radical (unpaired) electrons. The van der Waals surface area contributed by atoms with Crippen molar-refractivity contribution in [3.05, 3.63) is 53.0 Å². The van der Waals surface area contributed by atoms with Crippen molar-refractivity contribution in [2.45, 2.75) is 4.90 Å². The van der Waals surface area contributed by atoms with Gasteiger partial charge >= 0.3 is 0 Å². The quantitative estimate of drug-likeness (QED) is 0.514. The number of thiol groups is 1. The molecule has 2 nitrogen and oxygen atoms in total. The Balaban J connectivity index is 0.000000160. The number of para-hydroxylation sites is 1. The van der Waals surface area contributed by atoms with Crippen LogP contribution in [0.2, 0.25) is 0 Å². The fourth-order valence-electron chi connectivity index (χ4n) is 0.949. The van der Waals surface area contributed by atoms with Gasteiger partial charge in [-0.25, -0.2) is 0 Å². The van der Waals surface area contributed by atoms with E-state index in [-0.39, 0.29) is 0 Å². The molecule has 2 aromatic carbocycles. The summed E-state index contributed by atoms with van der Waals surface area (Å²) in [6, 6.07) is 15.0. The van der Waals surface area contributed by atoms with Crippen LogP contribution in [-0.2, 0) is 0 Å². The predicted molar refractivity (Wildman–Crippen MR) is 76.7 cm³/mol. The van der Waals surface area contributed by atoms with Crippen molar-refractivity contribution in [2.24, 2.45) is 0 Å². The molecule has 0 aliphatic rings. The van der Waals surface area contributed by atoms with Gasteiger partial charge in [-0.1, -0.05) is 12.1 Å². The third kappa shape index (κ3) is 4.59. The van der Waals surface area contributed by atoms with Crippen LogP contribution >= 0.6 is 28.6 Å². The maximum atomic E-state index is 5.47. The smallest absolute Gasteiger partial charge is 0.0458 e. The highest BCUT2D eigenvalue weighted by Gasteiger charge is 1.86. The van der Waals surface area contributed by atoms with Crippen molar-refractivity contribution in [3.63, 3.8) is 0 Å². The van der Waals surface area contributed by atoms with Crippen molar-refractivity contribution in [1.29, 1.82) is 0 Å². The zero-order chi connectivity index (χ0) is 12.0. The highest BCUT2D eigenvalue weighted by atomic mass is 79.9. The fraction of sp³-hybridized carbons (Fsp3) is 0. The monoisotopic (exact) mass is 296 g/mol. The predicted octanol–water partition coefficient (Wildman–Crippen LogP) is 3.59. The summed E-state index contributed by atoms with van der Waals surface area (Å²) >= 11 is 7.35. The van der Waals surface area contributed by atoms with Gasteiger partial charge in [0.1, 0.15) is 0 Å². The second-order valence-corrected chi connectivity index (χ2v) is 4.48. The molecule has 0 atom stereocenters. The van der Waals surface area contributed by atoms with E-state index in [1.165, 1.54) is 0 Å². The molecule has 4 N–H and O–H groups in total. The van der Waals surface area contributed by atoms with Gasteiger partial charge in [0.25, 0.3) is 0 Å². The minimum absolute atomic E-state index is 0.780. The van der Waals surface area contributed by atoms with E-state index >= 15 is 0 Å². The fourth-order valence-corrected chi connectivity index (χ4v) is 1.38. The van der Waals surface area contributed by atoms with E-state index in [1.54, 1.807) is 0 Å². The van der Waals surface area contributed by atoms with Crippen molar-refractivity contribution in [2.75, 3.05) is 11.5 Å². The van der Waals surface area contributed by atoms with Gasteiger partial charge in [0.2, 0.25) is 0 Å². The summed E-state index contributed by atoms with van der Waals surface area (Å²) in [5, 5.41) is 0. The van der Waals surface area contributed by atoms with Gasteiger partial charge in [-0.2, -0.15) is 0 Å². The normalized spacial score (nSPS) is 9.12. The van der Waals surface area contributed by atoms with E-state index in [2.05, 4.69) is 28.6 Å². The Bertz CT molecular complexity index is 401. The number of rotatable bonds is 0. The number of halogens is 1. The van der Waals surface area contributed by atoms with Gasteiger partial charge in [-0.3, -0.25) is 0 Å². The van der Waals surface area contributed by atoms with Crippen molar-refractivity contribution < 1.29 is 0 Å². The minimum atomic E-state index is 0.780. The van der Waals surface area contributed by atoms with E-state index in [0.29, 0.717) is 0 Å². The Morgan fingerprint density at radius 3 is 1.81 bits per heavy atom. The van der Waals surface area contributed by atoms with Crippen LogP contribution in [0, 0.1) is 0 Å². The lowest BCUT2D eigenvalue weighted by molar-refractivity contribution is 1.48. The molecule has 0 saturated carbocycles. The second-order valence-electron chi connectivity index (χ2n) is 3.11. The molecule has 0 aliphatic carbocycles. The molecule has 0 saturated heterocycles. The minimum Gasteiger partial charge on any atom is -0.399 e. The second kappa shape index (κ2) is 6.45.